The molecule has 0 saturated carbocycles. The zero-order chi connectivity index (χ0) is 26.4. The van der Waals surface area contributed by atoms with Gasteiger partial charge in [-0.3, -0.25) is 14.5 Å². The van der Waals surface area contributed by atoms with Gasteiger partial charge >= 0.3 is 0 Å². The monoisotopic (exact) mass is 493 g/mol. The van der Waals surface area contributed by atoms with Crippen LogP contribution in [0.3, 0.4) is 0 Å². The van der Waals surface area contributed by atoms with E-state index in [1.807, 2.05) is 97.1 Å². The smallest absolute Gasteiger partial charge is 0.226 e. The third kappa shape index (κ3) is 3.61. The van der Waals surface area contributed by atoms with Crippen molar-refractivity contribution in [2.24, 2.45) is 12.0 Å². The average molecular weight is 494 g/mol. The summed E-state index contributed by atoms with van der Waals surface area (Å²) in [5.74, 6) is 0. The standard InChI is InChI=1S/C31H23N7/c1-31(2,18-32)23-9-11-24(12-10-23)38-29-25-15-20(22-14-21-6-4-5-7-26(21)34-16-22)8-13-27(25)35-17-28(29)37(3)30(38)36-19-33/h4-17H,1-3H3. The van der Waals surface area contributed by atoms with Gasteiger partial charge in [0, 0.05) is 35.3 Å². The van der Waals surface area contributed by atoms with Crippen molar-refractivity contribution in [1.82, 2.24) is 19.1 Å². The molecule has 0 amide bonds. The fourth-order valence-corrected chi connectivity index (χ4v) is 4.92. The van der Waals surface area contributed by atoms with Gasteiger partial charge < -0.3 is 4.57 Å². The summed E-state index contributed by atoms with van der Waals surface area (Å²) in [5.41, 5.74) is 7.20. The Bertz CT molecular complexity index is 2030. The van der Waals surface area contributed by atoms with Gasteiger partial charge in [0.1, 0.15) is 0 Å². The van der Waals surface area contributed by atoms with Crippen LogP contribution in [0, 0.1) is 22.8 Å². The zero-order valence-electron chi connectivity index (χ0n) is 21.2. The second-order valence-corrected chi connectivity index (χ2v) is 9.83. The van der Waals surface area contributed by atoms with E-state index in [1.54, 1.807) is 0 Å². The molecule has 38 heavy (non-hydrogen) atoms. The predicted octanol–water partition coefficient (Wildman–Crippen LogP) is 5.92. The van der Waals surface area contributed by atoms with Gasteiger partial charge in [-0.05, 0) is 61.4 Å². The molecule has 0 fully saturated rings. The van der Waals surface area contributed by atoms with Crippen LogP contribution in [0.4, 0.5) is 0 Å². The van der Waals surface area contributed by atoms with Gasteiger partial charge in [-0.2, -0.15) is 10.5 Å². The molecule has 7 heteroatoms. The van der Waals surface area contributed by atoms with E-state index in [9.17, 15) is 10.5 Å². The molecule has 0 unspecified atom stereocenters. The number of nitrogens with zero attached hydrogens (tertiary/aromatic N) is 7. The Kier molecular flexibility index (Phi) is 5.29. The number of pyridine rings is 2. The summed E-state index contributed by atoms with van der Waals surface area (Å²) >= 11 is 0. The summed E-state index contributed by atoms with van der Waals surface area (Å²) in [7, 11) is 1.88. The lowest BCUT2D eigenvalue weighted by atomic mass is 9.86. The van der Waals surface area contributed by atoms with Crippen molar-refractivity contribution in [3.8, 4) is 29.1 Å². The summed E-state index contributed by atoms with van der Waals surface area (Å²) in [6.07, 6.45) is 5.66. The Balaban J connectivity index is 1.64. The van der Waals surface area contributed by atoms with Crippen LogP contribution in [0.25, 0.3) is 49.7 Å². The fourth-order valence-electron chi connectivity index (χ4n) is 4.92. The normalized spacial score (nSPS) is 12.2. The largest absolute Gasteiger partial charge is 0.311 e. The summed E-state index contributed by atoms with van der Waals surface area (Å²) in [6.45, 7) is 3.79. The Morgan fingerprint density at radius 2 is 1.61 bits per heavy atom. The molecule has 3 aromatic heterocycles. The molecular weight excluding hydrogens is 470 g/mol. The van der Waals surface area contributed by atoms with Gasteiger partial charge in [0.2, 0.25) is 11.8 Å². The highest BCUT2D eigenvalue weighted by atomic mass is 15.2. The maximum atomic E-state index is 9.57. The van der Waals surface area contributed by atoms with E-state index in [0.29, 0.717) is 5.62 Å². The first-order chi connectivity index (χ1) is 18.4. The minimum absolute atomic E-state index is 0.488. The van der Waals surface area contributed by atoms with Gasteiger partial charge in [0.25, 0.3) is 0 Å². The highest BCUT2D eigenvalue weighted by molar-refractivity contribution is 6.04. The van der Waals surface area contributed by atoms with E-state index in [0.717, 1.165) is 55.2 Å². The van der Waals surface area contributed by atoms with Crippen LogP contribution in [-0.2, 0) is 12.5 Å². The van der Waals surface area contributed by atoms with Crippen molar-refractivity contribution in [2.45, 2.75) is 19.3 Å². The van der Waals surface area contributed by atoms with E-state index in [2.05, 4.69) is 40.3 Å². The van der Waals surface area contributed by atoms with Crippen LogP contribution in [0.2, 0.25) is 0 Å². The molecule has 0 saturated heterocycles. The van der Waals surface area contributed by atoms with Gasteiger partial charge in [0.05, 0.1) is 39.7 Å². The second kappa shape index (κ2) is 8.69. The number of aromatic nitrogens is 4. The number of fused-ring (bicyclic) bond motifs is 4. The summed E-state index contributed by atoms with van der Waals surface area (Å²) in [4.78, 5) is 13.5. The Morgan fingerprint density at radius 1 is 0.842 bits per heavy atom. The Labute approximate surface area is 219 Å². The summed E-state index contributed by atoms with van der Waals surface area (Å²) in [5, 5.41) is 21.1. The number of aryl methyl sites for hydroxylation is 1. The first-order valence-electron chi connectivity index (χ1n) is 12.2. The lowest BCUT2D eigenvalue weighted by Gasteiger charge is -2.16. The SMILES string of the molecule is Cn1c(=NC#N)n(-c2ccc(C(C)(C)C#N)cc2)c2c3cc(-c4cnc5ccccc5c4)ccc3ncc21. The van der Waals surface area contributed by atoms with Crippen molar-refractivity contribution in [2.75, 3.05) is 0 Å². The molecule has 3 heterocycles. The topological polar surface area (TPSA) is 95.6 Å². The second-order valence-electron chi connectivity index (χ2n) is 9.83. The van der Waals surface area contributed by atoms with Crippen LogP contribution < -0.4 is 5.62 Å². The first-order valence-corrected chi connectivity index (χ1v) is 12.2. The minimum atomic E-state index is -0.610. The lowest BCUT2D eigenvalue weighted by Crippen LogP contribution is -2.23. The molecule has 7 nitrogen and oxygen atoms in total. The number of rotatable bonds is 3. The van der Waals surface area contributed by atoms with E-state index < -0.39 is 5.41 Å². The fraction of sp³-hybridized carbons (Fsp3) is 0.129. The zero-order valence-corrected chi connectivity index (χ0v) is 21.2. The van der Waals surface area contributed by atoms with Crippen molar-refractivity contribution in [3.05, 3.63) is 96.4 Å². The summed E-state index contributed by atoms with van der Waals surface area (Å²) in [6, 6.07) is 26.6. The number of hydrogen-bond acceptors (Lipinski definition) is 5. The quantitative estimate of drug-likeness (QED) is 0.286. The number of hydrogen-bond donors (Lipinski definition) is 0. The minimum Gasteiger partial charge on any atom is -0.311 e. The maximum Gasteiger partial charge on any atom is 0.226 e. The first kappa shape index (κ1) is 23.1. The summed E-state index contributed by atoms with van der Waals surface area (Å²) < 4.78 is 3.86. The van der Waals surface area contributed by atoms with Gasteiger partial charge in [-0.1, -0.05) is 36.4 Å². The molecule has 0 aliphatic rings. The molecule has 0 radical (unpaired) electrons. The maximum absolute atomic E-state index is 9.57. The molecule has 3 aromatic carbocycles. The Hall–Kier alpha value is -5.27. The van der Waals surface area contributed by atoms with E-state index in [4.69, 9.17) is 4.98 Å². The molecular formula is C31H23N7. The van der Waals surface area contributed by atoms with Gasteiger partial charge in [-0.15, -0.1) is 4.99 Å². The number of imidazole rings is 1. The molecule has 0 spiro atoms. The molecule has 6 rings (SSSR count). The van der Waals surface area contributed by atoms with Crippen molar-refractivity contribution >= 4 is 32.8 Å². The van der Waals surface area contributed by atoms with Crippen LogP contribution in [-0.4, -0.2) is 19.1 Å². The average Bonchev–Trinajstić information content (AvgIpc) is 3.24. The van der Waals surface area contributed by atoms with Gasteiger partial charge in [-0.25, -0.2) is 0 Å². The van der Waals surface area contributed by atoms with Gasteiger partial charge in [0.15, 0.2) is 0 Å². The predicted molar refractivity (Wildman–Crippen MR) is 148 cm³/mol. The van der Waals surface area contributed by atoms with Crippen LogP contribution in [0.1, 0.15) is 19.4 Å². The van der Waals surface area contributed by atoms with Crippen molar-refractivity contribution < 1.29 is 0 Å². The highest BCUT2D eigenvalue weighted by Gasteiger charge is 2.21. The molecule has 0 aliphatic heterocycles. The molecule has 0 N–H and O–H groups in total. The molecule has 6 aromatic rings. The Morgan fingerprint density at radius 3 is 2.37 bits per heavy atom. The number of nitriles is 2. The molecule has 0 aliphatic carbocycles. The van der Waals surface area contributed by atoms with Crippen LogP contribution in [0.5, 0.6) is 0 Å². The molecule has 0 atom stereocenters. The molecule has 0 bridgehead atoms. The highest BCUT2D eigenvalue weighted by Crippen LogP contribution is 2.31. The van der Waals surface area contributed by atoms with Crippen LogP contribution in [0.15, 0.2) is 90.2 Å². The lowest BCUT2D eigenvalue weighted by molar-refractivity contribution is 0.686. The van der Waals surface area contributed by atoms with Crippen LogP contribution >= 0.6 is 0 Å². The molecule has 182 valence electrons. The van der Waals surface area contributed by atoms with E-state index in [1.165, 1.54) is 0 Å². The number of benzene rings is 3. The third-order valence-electron chi connectivity index (χ3n) is 7.11. The number of para-hydroxylation sites is 1. The van der Waals surface area contributed by atoms with Crippen molar-refractivity contribution in [1.29, 1.82) is 10.5 Å². The van der Waals surface area contributed by atoms with E-state index >= 15 is 0 Å². The van der Waals surface area contributed by atoms with E-state index in [-0.39, 0.29) is 0 Å². The van der Waals surface area contributed by atoms with Crippen molar-refractivity contribution in [3.63, 3.8) is 0 Å². The third-order valence-corrected chi connectivity index (χ3v) is 7.11.